The molecular weight excluding hydrogens is 150 g/mol. The summed E-state index contributed by atoms with van der Waals surface area (Å²) in [5, 5.41) is 9.36. The van der Waals surface area contributed by atoms with E-state index in [0.717, 1.165) is 6.54 Å². The lowest BCUT2D eigenvalue weighted by atomic mass is 9.86. The van der Waals surface area contributed by atoms with Gasteiger partial charge in [0.05, 0.1) is 6.10 Å². The van der Waals surface area contributed by atoms with Gasteiger partial charge in [-0.15, -0.1) is 0 Å². The number of nitrogens with zero attached hydrogens (tertiary/aromatic N) is 1. The van der Waals surface area contributed by atoms with Gasteiger partial charge in [-0.1, -0.05) is 0 Å². The third-order valence-corrected chi connectivity index (χ3v) is 2.62. The van der Waals surface area contributed by atoms with E-state index >= 15 is 0 Å². The maximum absolute atomic E-state index is 9.36. The van der Waals surface area contributed by atoms with E-state index in [1.807, 2.05) is 0 Å². The topological polar surface area (TPSA) is 23.5 Å². The van der Waals surface area contributed by atoms with Crippen LogP contribution in [0.5, 0.6) is 0 Å². The van der Waals surface area contributed by atoms with Crippen LogP contribution >= 0.6 is 0 Å². The number of halogens is 1. The first-order chi connectivity index (χ1) is 4.36. The van der Waals surface area contributed by atoms with Crippen molar-refractivity contribution in [2.75, 3.05) is 19.6 Å². The van der Waals surface area contributed by atoms with Crippen LogP contribution in [-0.2, 0) is 0 Å². The van der Waals surface area contributed by atoms with Crippen LogP contribution in [0, 0.1) is 5.92 Å². The number of fused-ring (bicyclic) bond motifs is 3. The molecule has 3 aliphatic rings. The number of hydrogen-bond donors (Lipinski definition) is 1. The molecule has 0 aliphatic carbocycles. The molecule has 0 aromatic heterocycles. The van der Waals surface area contributed by atoms with Crippen molar-refractivity contribution in [2.24, 2.45) is 5.92 Å². The highest BCUT2D eigenvalue weighted by molar-refractivity contribution is 4.85. The van der Waals surface area contributed by atoms with Crippen LogP contribution in [-0.4, -0.2) is 35.7 Å². The van der Waals surface area contributed by atoms with Crippen molar-refractivity contribution in [3.63, 3.8) is 0 Å². The molecule has 1 N–H and O–H groups in total. The van der Waals surface area contributed by atoms with E-state index in [2.05, 4.69) is 4.90 Å². The van der Waals surface area contributed by atoms with E-state index in [1.54, 1.807) is 0 Å². The number of piperidine rings is 3. The highest BCUT2D eigenvalue weighted by atomic mass is 35.5. The molecule has 0 aromatic carbocycles. The van der Waals surface area contributed by atoms with Gasteiger partial charge in [0, 0.05) is 6.54 Å². The molecule has 0 radical (unpaired) electrons. The summed E-state index contributed by atoms with van der Waals surface area (Å²) in [7, 11) is 0. The maximum Gasteiger partial charge on any atom is 1.00 e. The van der Waals surface area contributed by atoms with E-state index in [9.17, 15) is 5.11 Å². The van der Waals surface area contributed by atoms with Crippen molar-refractivity contribution in [3.05, 3.63) is 0 Å². The highest BCUT2D eigenvalue weighted by Gasteiger charge is 2.32. The molecule has 3 saturated heterocycles. The Balaban J connectivity index is 0.000000500. The summed E-state index contributed by atoms with van der Waals surface area (Å²) in [5.41, 5.74) is 0. The molecule has 0 amide bonds. The maximum atomic E-state index is 9.36. The Morgan fingerprint density at radius 2 is 1.90 bits per heavy atom. The average molecular weight is 164 g/mol. The average Bonchev–Trinajstić information content (AvgIpc) is 1.90. The molecule has 2 bridgehead atoms. The zero-order valence-electron chi connectivity index (χ0n) is 6.96. The van der Waals surface area contributed by atoms with Gasteiger partial charge in [-0.25, -0.2) is 0 Å². The molecule has 10 heavy (non-hydrogen) atoms. The zero-order valence-corrected chi connectivity index (χ0v) is 6.72. The summed E-state index contributed by atoms with van der Waals surface area (Å²) in [6.45, 7) is 3.38. The number of aliphatic hydroxyl groups is 1. The molecule has 1 atom stereocenters. The van der Waals surface area contributed by atoms with Gasteiger partial charge in [-0.3, -0.25) is 0 Å². The fourth-order valence-electron chi connectivity index (χ4n) is 1.93. The van der Waals surface area contributed by atoms with Crippen LogP contribution in [0.3, 0.4) is 0 Å². The summed E-state index contributed by atoms with van der Waals surface area (Å²) < 4.78 is 0. The summed E-state index contributed by atoms with van der Waals surface area (Å²) >= 11 is 0. The quantitative estimate of drug-likeness (QED) is 0.417. The minimum absolute atomic E-state index is 0. The van der Waals surface area contributed by atoms with Crippen molar-refractivity contribution in [3.8, 4) is 0 Å². The third-order valence-electron chi connectivity index (χ3n) is 2.62. The Labute approximate surface area is 69.1 Å². The molecular formula is C7H14ClNO. The Hall–Kier alpha value is 0.210. The molecule has 3 heteroatoms. The standard InChI is InChI=1S/C7H13NO.ClH/c9-7-5-8-3-1-6(7)2-4-8;/h6-7,9H,1-5H2;1H. The lowest BCUT2D eigenvalue weighted by Gasteiger charge is -2.42. The van der Waals surface area contributed by atoms with Crippen LogP contribution in [0.2, 0.25) is 0 Å². The van der Waals surface area contributed by atoms with Gasteiger partial charge in [-0.2, -0.15) is 0 Å². The smallest absolute Gasteiger partial charge is 1.00 e. The molecule has 1 unspecified atom stereocenters. The molecule has 0 spiro atoms. The van der Waals surface area contributed by atoms with E-state index in [-0.39, 0.29) is 19.9 Å². The lowest BCUT2D eigenvalue weighted by molar-refractivity contribution is -0.0227. The predicted molar refractivity (Wildman–Crippen MR) is 36.3 cm³/mol. The summed E-state index contributed by atoms with van der Waals surface area (Å²) in [6.07, 6.45) is 2.44. The third kappa shape index (κ3) is 1.29. The molecule has 2 nitrogen and oxygen atoms in total. The van der Waals surface area contributed by atoms with Gasteiger partial charge in [0.1, 0.15) is 0 Å². The Bertz CT molecular complexity index is 117. The van der Waals surface area contributed by atoms with Crippen LogP contribution in [0.25, 0.3) is 0 Å². The number of rotatable bonds is 0. The van der Waals surface area contributed by atoms with Gasteiger partial charge in [0.25, 0.3) is 0 Å². The summed E-state index contributed by atoms with van der Waals surface area (Å²) in [6, 6.07) is 0. The minimum Gasteiger partial charge on any atom is -1.00 e. The van der Waals surface area contributed by atoms with E-state index < -0.39 is 0 Å². The molecule has 3 fully saturated rings. The second-order valence-electron chi connectivity index (χ2n) is 3.21. The highest BCUT2D eigenvalue weighted by Crippen LogP contribution is 2.26. The van der Waals surface area contributed by atoms with Crippen molar-refractivity contribution in [2.45, 2.75) is 18.9 Å². The summed E-state index contributed by atoms with van der Waals surface area (Å²) in [5.74, 6) is 0.634. The summed E-state index contributed by atoms with van der Waals surface area (Å²) in [4.78, 5) is 2.35. The molecule has 60 valence electrons. The Kier molecular flexibility index (Phi) is 2.55. The van der Waals surface area contributed by atoms with Crippen LogP contribution in [0.4, 0.5) is 0 Å². The fraction of sp³-hybridized carbons (Fsp3) is 1.00. The normalized spacial score (nSPS) is 44.7. The minimum atomic E-state index is -0.00694. The van der Waals surface area contributed by atoms with Gasteiger partial charge >= 0.3 is 1.43 Å². The van der Waals surface area contributed by atoms with E-state index in [4.69, 9.17) is 0 Å². The largest absolute Gasteiger partial charge is 1.00 e. The molecule has 0 aromatic rings. The monoisotopic (exact) mass is 163 g/mol. The second-order valence-corrected chi connectivity index (χ2v) is 3.21. The molecule has 0 saturated carbocycles. The van der Waals surface area contributed by atoms with Crippen molar-refractivity contribution >= 4 is 0 Å². The first kappa shape index (κ1) is 8.31. The Morgan fingerprint density at radius 1 is 1.30 bits per heavy atom. The second kappa shape index (κ2) is 3.07. The molecule has 3 heterocycles. The van der Waals surface area contributed by atoms with Gasteiger partial charge < -0.3 is 22.4 Å². The number of hydrogen-bond acceptors (Lipinski definition) is 2. The van der Waals surface area contributed by atoms with Gasteiger partial charge in [0.2, 0.25) is 0 Å². The zero-order chi connectivity index (χ0) is 6.27. The molecule has 3 aliphatic heterocycles. The van der Waals surface area contributed by atoms with Crippen LogP contribution < -0.4 is 12.4 Å². The predicted octanol–water partition coefficient (Wildman–Crippen LogP) is -2.81. The number of aliphatic hydroxyl groups excluding tert-OH is 1. The molecule has 3 rings (SSSR count). The fourth-order valence-corrected chi connectivity index (χ4v) is 1.93. The van der Waals surface area contributed by atoms with Crippen LogP contribution in [0.1, 0.15) is 14.3 Å². The first-order valence-corrected chi connectivity index (χ1v) is 3.76. The lowest BCUT2D eigenvalue weighted by Crippen LogP contribution is -3.00. The Morgan fingerprint density at radius 3 is 2.10 bits per heavy atom. The van der Waals surface area contributed by atoms with E-state index in [1.165, 1.54) is 25.9 Å². The first-order valence-electron chi connectivity index (χ1n) is 3.76. The van der Waals surface area contributed by atoms with Gasteiger partial charge in [0.15, 0.2) is 0 Å². The van der Waals surface area contributed by atoms with Crippen molar-refractivity contribution < 1.29 is 18.9 Å². The van der Waals surface area contributed by atoms with Crippen molar-refractivity contribution in [1.29, 1.82) is 0 Å². The van der Waals surface area contributed by atoms with Crippen molar-refractivity contribution in [1.82, 2.24) is 4.90 Å². The van der Waals surface area contributed by atoms with E-state index in [0.29, 0.717) is 5.92 Å². The SMILES string of the molecule is OC1CN2CCC1CC2.[Cl-].[H+]. The van der Waals surface area contributed by atoms with Gasteiger partial charge in [-0.05, 0) is 31.8 Å². The van der Waals surface area contributed by atoms with Crippen LogP contribution in [0.15, 0.2) is 0 Å².